The van der Waals surface area contributed by atoms with Crippen molar-refractivity contribution >= 4 is 7.12 Å². The van der Waals surface area contributed by atoms with Crippen LogP contribution in [0.3, 0.4) is 0 Å². The monoisotopic (exact) mass is 264 g/mol. The number of fused-ring (bicyclic) bond motifs is 2. The summed E-state index contributed by atoms with van der Waals surface area (Å²) < 4.78 is 12.4. The van der Waals surface area contributed by atoms with Gasteiger partial charge in [0.05, 0.1) is 11.2 Å². The molecule has 3 atom stereocenters. The standard InChI is InChI=1S/C16H29BO2/c1-14(2)12-8-7-11(9-12)13(14)10-17-18-15(3,4)16(5,6)19-17/h11-13H,7-10H2,1-6H3/t11-,12+,13-/m1/s1. The Kier molecular flexibility index (Phi) is 2.94. The summed E-state index contributed by atoms with van der Waals surface area (Å²) in [5, 5.41) is 0. The lowest BCUT2D eigenvalue weighted by molar-refractivity contribution is 0.00578. The summed E-state index contributed by atoms with van der Waals surface area (Å²) in [7, 11) is -0.00590. The maximum Gasteiger partial charge on any atom is 0.458 e. The number of hydrogen-bond acceptors (Lipinski definition) is 2. The Hall–Kier alpha value is -0.0151. The maximum atomic E-state index is 6.20. The van der Waals surface area contributed by atoms with E-state index in [1.54, 1.807) is 0 Å². The van der Waals surface area contributed by atoms with Crippen LogP contribution < -0.4 is 0 Å². The van der Waals surface area contributed by atoms with Crippen LogP contribution in [0.25, 0.3) is 0 Å². The lowest BCUT2D eigenvalue weighted by Gasteiger charge is -2.38. The van der Waals surface area contributed by atoms with Crippen molar-refractivity contribution in [1.82, 2.24) is 0 Å². The Morgan fingerprint density at radius 2 is 1.53 bits per heavy atom. The summed E-state index contributed by atoms with van der Waals surface area (Å²) in [6.07, 6.45) is 5.40. The first-order valence-corrected chi connectivity index (χ1v) is 7.99. The average molecular weight is 264 g/mol. The van der Waals surface area contributed by atoms with Crippen LogP contribution in [-0.4, -0.2) is 18.3 Å². The van der Waals surface area contributed by atoms with Crippen LogP contribution in [0, 0.1) is 23.2 Å². The fourth-order valence-electron chi connectivity index (χ4n) is 4.73. The molecule has 3 rings (SSSR count). The van der Waals surface area contributed by atoms with E-state index in [2.05, 4.69) is 41.5 Å². The Morgan fingerprint density at radius 1 is 0.947 bits per heavy atom. The average Bonchev–Trinajstić information content (AvgIpc) is 2.84. The van der Waals surface area contributed by atoms with Crippen LogP contribution in [0.15, 0.2) is 0 Å². The molecule has 0 aromatic heterocycles. The van der Waals surface area contributed by atoms with E-state index >= 15 is 0 Å². The molecule has 2 bridgehead atoms. The van der Waals surface area contributed by atoms with Crippen molar-refractivity contribution in [2.24, 2.45) is 23.2 Å². The highest BCUT2D eigenvalue weighted by Gasteiger charge is 2.57. The third-order valence-electron chi connectivity index (χ3n) is 6.80. The van der Waals surface area contributed by atoms with Gasteiger partial charge in [-0.3, -0.25) is 0 Å². The van der Waals surface area contributed by atoms with Crippen molar-refractivity contribution in [2.45, 2.75) is 78.3 Å². The summed E-state index contributed by atoms with van der Waals surface area (Å²) in [5.41, 5.74) is 0.116. The topological polar surface area (TPSA) is 18.5 Å². The highest BCUT2D eigenvalue weighted by atomic mass is 16.7. The molecule has 19 heavy (non-hydrogen) atoms. The largest absolute Gasteiger partial charge is 0.458 e. The molecular formula is C16H29BO2. The van der Waals surface area contributed by atoms with E-state index in [9.17, 15) is 0 Å². The van der Waals surface area contributed by atoms with Gasteiger partial charge < -0.3 is 9.31 Å². The van der Waals surface area contributed by atoms with Gasteiger partial charge in [0.1, 0.15) is 0 Å². The number of hydrogen-bond donors (Lipinski definition) is 0. The Balaban J connectivity index is 1.71. The van der Waals surface area contributed by atoms with Crippen LogP contribution in [-0.2, 0) is 9.31 Å². The smallest absolute Gasteiger partial charge is 0.403 e. The molecule has 0 radical (unpaired) electrons. The van der Waals surface area contributed by atoms with Crippen molar-refractivity contribution in [3.63, 3.8) is 0 Å². The molecule has 3 heteroatoms. The van der Waals surface area contributed by atoms with Crippen LogP contribution >= 0.6 is 0 Å². The molecule has 0 spiro atoms. The molecular weight excluding hydrogens is 235 g/mol. The summed E-state index contributed by atoms with van der Waals surface area (Å²) in [6.45, 7) is 13.5. The highest BCUT2D eigenvalue weighted by molar-refractivity contribution is 6.45. The predicted octanol–water partition coefficient (Wildman–Crippen LogP) is 4.15. The first-order chi connectivity index (χ1) is 8.63. The SMILES string of the molecule is CC1(C)[C@H]2CC[C@H](C2)[C@H]1CB1OC(C)(C)C(C)(C)O1. The molecule has 2 nitrogen and oxygen atoms in total. The molecule has 0 aromatic carbocycles. The lowest BCUT2D eigenvalue weighted by Crippen LogP contribution is -2.41. The van der Waals surface area contributed by atoms with Crippen molar-refractivity contribution < 1.29 is 9.31 Å². The van der Waals surface area contributed by atoms with Gasteiger partial charge in [-0.25, -0.2) is 0 Å². The van der Waals surface area contributed by atoms with Gasteiger partial charge in [0.2, 0.25) is 0 Å². The van der Waals surface area contributed by atoms with Gasteiger partial charge in [0.15, 0.2) is 0 Å². The van der Waals surface area contributed by atoms with E-state index in [1.165, 1.54) is 19.3 Å². The van der Waals surface area contributed by atoms with Gasteiger partial charge in [-0.05, 0) is 76.4 Å². The molecule has 2 aliphatic carbocycles. The van der Waals surface area contributed by atoms with E-state index < -0.39 is 0 Å². The minimum absolute atomic E-state index is 0.00590. The normalized spacial score (nSPS) is 42.0. The van der Waals surface area contributed by atoms with Crippen LogP contribution in [0.4, 0.5) is 0 Å². The van der Waals surface area contributed by atoms with Crippen LogP contribution in [0.2, 0.25) is 6.32 Å². The Labute approximate surface area is 118 Å². The lowest BCUT2D eigenvalue weighted by atomic mass is 9.61. The second-order valence-electron chi connectivity index (χ2n) is 8.62. The zero-order chi connectivity index (χ0) is 14.1. The summed E-state index contributed by atoms with van der Waals surface area (Å²) in [6, 6.07) is 0. The third-order valence-corrected chi connectivity index (χ3v) is 6.80. The van der Waals surface area contributed by atoms with Gasteiger partial charge in [-0.2, -0.15) is 0 Å². The second-order valence-corrected chi connectivity index (χ2v) is 8.62. The Morgan fingerprint density at radius 3 is 2.00 bits per heavy atom. The van der Waals surface area contributed by atoms with E-state index in [-0.39, 0.29) is 18.3 Å². The zero-order valence-electron chi connectivity index (χ0n) is 13.5. The van der Waals surface area contributed by atoms with Gasteiger partial charge in [0.25, 0.3) is 0 Å². The van der Waals surface area contributed by atoms with E-state index in [4.69, 9.17) is 9.31 Å². The molecule has 0 amide bonds. The van der Waals surface area contributed by atoms with Crippen LogP contribution in [0.1, 0.15) is 60.8 Å². The van der Waals surface area contributed by atoms with E-state index in [1.807, 2.05) is 0 Å². The van der Waals surface area contributed by atoms with Crippen molar-refractivity contribution in [2.75, 3.05) is 0 Å². The van der Waals surface area contributed by atoms with Gasteiger partial charge in [-0.1, -0.05) is 13.8 Å². The molecule has 108 valence electrons. The summed E-state index contributed by atoms with van der Waals surface area (Å²) in [4.78, 5) is 0. The van der Waals surface area contributed by atoms with Gasteiger partial charge in [0, 0.05) is 0 Å². The van der Waals surface area contributed by atoms with E-state index in [0.717, 1.165) is 24.1 Å². The van der Waals surface area contributed by atoms with Gasteiger partial charge in [-0.15, -0.1) is 0 Å². The van der Waals surface area contributed by atoms with Crippen molar-refractivity contribution in [3.05, 3.63) is 0 Å². The molecule has 0 N–H and O–H groups in total. The minimum Gasteiger partial charge on any atom is -0.403 e. The highest BCUT2D eigenvalue weighted by Crippen LogP contribution is 2.61. The zero-order valence-corrected chi connectivity index (χ0v) is 13.5. The second kappa shape index (κ2) is 4.01. The first-order valence-electron chi connectivity index (χ1n) is 7.99. The first kappa shape index (κ1) is 13.9. The molecule has 0 unspecified atom stereocenters. The van der Waals surface area contributed by atoms with E-state index in [0.29, 0.717) is 5.41 Å². The van der Waals surface area contributed by atoms with Crippen molar-refractivity contribution in [1.29, 1.82) is 0 Å². The van der Waals surface area contributed by atoms with Crippen LogP contribution in [0.5, 0.6) is 0 Å². The predicted molar refractivity (Wildman–Crippen MR) is 79.0 cm³/mol. The quantitative estimate of drug-likeness (QED) is 0.697. The molecule has 2 saturated carbocycles. The van der Waals surface area contributed by atoms with Gasteiger partial charge >= 0.3 is 7.12 Å². The molecule has 3 fully saturated rings. The molecule has 0 aromatic rings. The third kappa shape index (κ3) is 2.00. The Bertz CT molecular complexity index is 359. The maximum absolute atomic E-state index is 6.20. The fourth-order valence-corrected chi connectivity index (χ4v) is 4.73. The minimum atomic E-state index is -0.181. The van der Waals surface area contributed by atoms with Crippen molar-refractivity contribution in [3.8, 4) is 0 Å². The fraction of sp³-hybridized carbons (Fsp3) is 1.00. The number of rotatable bonds is 2. The molecule has 1 saturated heterocycles. The summed E-state index contributed by atoms with van der Waals surface area (Å²) in [5.74, 6) is 2.63. The summed E-state index contributed by atoms with van der Waals surface area (Å²) >= 11 is 0. The molecule has 3 aliphatic rings. The molecule has 1 aliphatic heterocycles. The molecule has 1 heterocycles.